The second kappa shape index (κ2) is 3.84. The predicted molar refractivity (Wildman–Crippen MR) is 57.8 cm³/mol. The first-order valence-corrected chi connectivity index (χ1v) is 4.77. The van der Waals surface area contributed by atoms with E-state index in [-0.39, 0.29) is 0 Å². The number of hydrogen-bond donors (Lipinski definition) is 0. The number of pyridine rings is 1. The van der Waals surface area contributed by atoms with Crippen LogP contribution in [0.3, 0.4) is 0 Å². The largest absolute Gasteiger partial charge is 0.496 e. The Labute approximate surface area is 92.6 Å². The van der Waals surface area contributed by atoms with Crippen molar-refractivity contribution < 1.29 is 14.3 Å². The molecule has 0 aromatic carbocycles. The number of hydrogen-bond acceptors (Lipinski definition) is 4. The molecule has 2 aromatic rings. The molecular formula is C11H12N2O3. The molecule has 0 radical (unpaired) electrons. The third kappa shape index (κ3) is 1.60. The van der Waals surface area contributed by atoms with E-state index in [9.17, 15) is 4.79 Å². The maximum absolute atomic E-state index is 11.5. The molecular weight excluding hydrogens is 208 g/mol. The summed E-state index contributed by atoms with van der Waals surface area (Å²) in [5.41, 5.74) is 2.00. The fourth-order valence-electron chi connectivity index (χ4n) is 1.57. The molecule has 16 heavy (non-hydrogen) atoms. The number of esters is 1. The van der Waals surface area contributed by atoms with Crippen LogP contribution in [0.5, 0.6) is 5.75 Å². The van der Waals surface area contributed by atoms with Crippen molar-refractivity contribution in [3.8, 4) is 5.75 Å². The topological polar surface area (TPSA) is 52.8 Å². The Morgan fingerprint density at radius 3 is 2.75 bits per heavy atom. The third-order valence-corrected chi connectivity index (χ3v) is 2.30. The molecule has 0 aliphatic carbocycles. The summed E-state index contributed by atoms with van der Waals surface area (Å²) in [6, 6.07) is 1.71. The van der Waals surface area contributed by atoms with E-state index in [2.05, 4.69) is 9.72 Å². The summed E-state index contributed by atoms with van der Waals surface area (Å²) in [5, 5.41) is 0. The van der Waals surface area contributed by atoms with Crippen molar-refractivity contribution in [3.63, 3.8) is 0 Å². The SMILES string of the molecule is COC(=O)c1cn2cc(C)nc2cc1OC. The fourth-order valence-corrected chi connectivity index (χ4v) is 1.57. The van der Waals surface area contributed by atoms with Gasteiger partial charge in [-0.25, -0.2) is 9.78 Å². The second-order valence-corrected chi connectivity index (χ2v) is 3.39. The predicted octanol–water partition coefficient (Wildman–Crippen LogP) is 1.44. The normalized spacial score (nSPS) is 10.4. The lowest BCUT2D eigenvalue weighted by Crippen LogP contribution is -2.05. The lowest BCUT2D eigenvalue weighted by molar-refractivity contribution is 0.0596. The molecule has 0 saturated heterocycles. The highest BCUT2D eigenvalue weighted by Crippen LogP contribution is 2.21. The molecule has 0 fully saturated rings. The number of carbonyl (C=O) groups excluding carboxylic acids is 1. The van der Waals surface area contributed by atoms with Gasteiger partial charge in [-0.3, -0.25) is 0 Å². The van der Waals surface area contributed by atoms with Crippen LogP contribution in [0.1, 0.15) is 16.1 Å². The molecule has 0 atom stereocenters. The quantitative estimate of drug-likeness (QED) is 0.718. The van der Waals surface area contributed by atoms with Gasteiger partial charge in [0.2, 0.25) is 0 Å². The zero-order chi connectivity index (χ0) is 11.7. The molecule has 0 aliphatic heterocycles. The van der Waals surface area contributed by atoms with Crippen molar-refractivity contribution in [3.05, 3.63) is 29.7 Å². The summed E-state index contributed by atoms with van der Waals surface area (Å²) in [4.78, 5) is 15.8. The van der Waals surface area contributed by atoms with Crippen molar-refractivity contribution in [1.29, 1.82) is 0 Å². The minimum absolute atomic E-state index is 0.384. The van der Waals surface area contributed by atoms with Gasteiger partial charge < -0.3 is 13.9 Å². The van der Waals surface area contributed by atoms with Crippen LogP contribution in [0.4, 0.5) is 0 Å². The highest BCUT2D eigenvalue weighted by atomic mass is 16.5. The molecule has 0 bridgehead atoms. The lowest BCUT2D eigenvalue weighted by atomic mass is 10.2. The molecule has 5 nitrogen and oxygen atoms in total. The minimum atomic E-state index is -0.426. The van der Waals surface area contributed by atoms with Gasteiger partial charge in [-0.05, 0) is 6.92 Å². The number of nitrogens with zero attached hydrogens (tertiary/aromatic N) is 2. The Balaban J connectivity index is 2.66. The van der Waals surface area contributed by atoms with E-state index in [1.54, 1.807) is 16.7 Å². The van der Waals surface area contributed by atoms with Crippen molar-refractivity contribution in [2.75, 3.05) is 14.2 Å². The van der Waals surface area contributed by atoms with Gasteiger partial charge >= 0.3 is 5.97 Å². The van der Waals surface area contributed by atoms with Gasteiger partial charge in [-0.2, -0.15) is 0 Å². The number of methoxy groups -OCH3 is 2. The highest BCUT2D eigenvalue weighted by molar-refractivity contribution is 5.92. The van der Waals surface area contributed by atoms with E-state index in [0.717, 1.165) is 11.3 Å². The van der Waals surface area contributed by atoms with E-state index in [1.165, 1.54) is 14.2 Å². The van der Waals surface area contributed by atoms with Gasteiger partial charge in [-0.1, -0.05) is 0 Å². The highest BCUT2D eigenvalue weighted by Gasteiger charge is 2.14. The van der Waals surface area contributed by atoms with Crippen LogP contribution in [0.15, 0.2) is 18.5 Å². The van der Waals surface area contributed by atoms with Crippen LogP contribution in [0.25, 0.3) is 5.65 Å². The number of rotatable bonds is 2. The number of ether oxygens (including phenoxy) is 2. The first-order chi connectivity index (χ1) is 7.65. The molecule has 2 heterocycles. The van der Waals surface area contributed by atoms with Crippen LogP contribution in [0, 0.1) is 6.92 Å². The van der Waals surface area contributed by atoms with Crippen LogP contribution < -0.4 is 4.74 Å². The molecule has 5 heteroatoms. The summed E-state index contributed by atoms with van der Waals surface area (Å²) in [6.07, 6.45) is 3.49. The molecule has 2 rings (SSSR count). The smallest absolute Gasteiger partial charge is 0.343 e. The molecule has 0 spiro atoms. The monoisotopic (exact) mass is 220 g/mol. The number of aromatic nitrogens is 2. The van der Waals surface area contributed by atoms with E-state index < -0.39 is 5.97 Å². The average molecular weight is 220 g/mol. The van der Waals surface area contributed by atoms with Gasteiger partial charge in [-0.15, -0.1) is 0 Å². The van der Waals surface area contributed by atoms with Gasteiger partial charge in [0.1, 0.15) is 17.0 Å². The molecule has 0 aliphatic rings. The summed E-state index contributed by atoms with van der Waals surface area (Å²) >= 11 is 0. The molecule has 2 aromatic heterocycles. The number of carbonyl (C=O) groups is 1. The van der Waals surface area contributed by atoms with Crippen LogP contribution >= 0.6 is 0 Å². The Hall–Kier alpha value is -2.04. The second-order valence-electron chi connectivity index (χ2n) is 3.39. The number of imidazole rings is 1. The maximum atomic E-state index is 11.5. The summed E-state index contributed by atoms with van der Waals surface area (Å²) in [7, 11) is 2.85. The molecule has 0 unspecified atom stereocenters. The first kappa shape index (κ1) is 10.5. The van der Waals surface area contributed by atoms with Crippen molar-refractivity contribution in [2.24, 2.45) is 0 Å². The fraction of sp³-hybridized carbons (Fsp3) is 0.273. The van der Waals surface area contributed by atoms with E-state index >= 15 is 0 Å². The zero-order valence-corrected chi connectivity index (χ0v) is 9.35. The van der Waals surface area contributed by atoms with Gasteiger partial charge in [0.15, 0.2) is 0 Å². The Morgan fingerprint density at radius 1 is 1.38 bits per heavy atom. The van der Waals surface area contributed by atoms with Crippen LogP contribution in [-0.2, 0) is 4.74 Å². The average Bonchev–Trinajstić information content (AvgIpc) is 2.65. The minimum Gasteiger partial charge on any atom is -0.496 e. The van der Waals surface area contributed by atoms with Gasteiger partial charge in [0.05, 0.1) is 19.9 Å². The molecule has 0 saturated carbocycles. The summed E-state index contributed by atoms with van der Waals surface area (Å²) < 4.78 is 11.6. The van der Waals surface area contributed by atoms with E-state index in [4.69, 9.17) is 4.74 Å². The summed E-state index contributed by atoms with van der Waals surface area (Å²) in [5.74, 6) is 0.0371. The van der Waals surface area contributed by atoms with Crippen molar-refractivity contribution in [1.82, 2.24) is 9.38 Å². The third-order valence-electron chi connectivity index (χ3n) is 2.30. The zero-order valence-electron chi connectivity index (χ0n) is 9.35. The maximum Gasteiger partial charge on any atom is 0.343 e. The Kier molecular flexibility index (Phi) is 2.52. The summed E-state index contributed by atoms with van der Waals surface area (Å²) in [6.45, 7) is 1.89. The lowest BCUT2D eigenvalue weighted by Gasteiger charge is -2.07. The molecule has 0 amide bonds. The van der Waals surface area contributed by atoms with Gasteiger partial charge in [0.25, 0.3) is 0 Å². The van der Waals surface area contributed by atoms with Crippen molar-refractivity contribution >= 4 is 11.6 Å². The molecule has 0 N–H and O–H groups in total. The number of fused-ring (bicyclic) bond motifs is 1. The van der Waals surface area contributed by atoms with Gasteiger partial charge in [0, 0.05) is 18.5 Å². The Bertz CT molecular complexity index is 545. The van der Waals surface area contributed by atoms with Crippen molar-refractivity contribution in [2.45, 2.75) is 6.92 Å². The Morgan fingerprint density at radius 2 is 2.12 bits per heavy atom. The van der Waals surface area contributed by atoms with E-state index in [1.807, 2.05) is 13.1 Å². The molecule has 84 valence electrons. The van der Waals surface area contributed by atoms with Crippen LogP contribution in [0.2, 0.25) is 0 Å². The number of aryl methyl sites for hydroxylation is 1. The van der Waals surface area contributed by atoms with E-state index in [0.29, 0.717) is 11.3 Å². The van der Waals surface area contributed by atoms with Crippen LogP contribution in [-0.4, -0.2) is 29.6 Å². The first-order valence-electron chi connectivity index (χ1n) is 4.77. The standard InChI is InChI=1S/C11H12N2O3/c1-7-5-13-6-8(11(14)16-3)9(15-2)4-10(13)12-7/h4-6H,1-3H3.